The number of esters is 1. The summed E-state index contributed by atoms with van der Waals surface area (Å²) in [7, 11) is -3.88. The van der Waals surface area contributed by atoms with Crippen molar-refractivity contribution < 1.29 is 35.9 Å². The van der Waals surface area contributed by atoms with Crippen LogP contribution in [0.15, 0.2) is 47.4 Å². The van der Waals surface area contributed by atoms with E-state index >= 15 is 0 Å². The highest BCUT2D eigenvalue weighted by molar-refractivity contribution is 7.89. The Morgan fingerprint density at radius 3 is 2.39 bits per heavy atom. The number of rotatable bonds is 5. The largest absolute Gasteiger partial charge is 0.455 e. The lowest BCUT2D eigenvalue weighted by Crippen LogP contribution is -2.38. The number of hydrogen-bond acceptors (Lipinski definition) is 5. The van der Waals surface area contributed by atoms with Gasteiger partial charge in [-0.05, 0) is 54.8 Å². The lowest BCUT2D eigenvalue weighted by molar-refractivity contribution is -0.147. The van der Waals surface area contributed by atoms with Gasteiger partial charge in [-0.25, -0.2) is 13.6 Å². The Hall–Kier alpha value is -2.92. The zero-order valence-corrected chi connectivity index (χ0v) is 17.2. The number of sulfonamides is 1. The van der Waals surface area contributed by atoms with Crippen molar-refractivity contribution in [3.05, 3.63) is 59.2 Å². The summed E-state index contributed by atoms with van der Waals surface area (Å²) in [6.45, 7) is 1.21. The summed E-state index contributed by atoms with van der Waals surface area (Å²) in [6.07, 6.45) is -4.34. The standard InChI is InChI=1S/C20H19F3N2O5S/c1-12-8-14-10-16(31(24,28)29)6-7-17(14)25(12)18(26)11-30-19(27)9-13-2-4-15(5-3-13)20(21,22)23/h2-7,10,12H,8-9,11H2,1H3,(H2,24,28,29). The van der Waals surface area contributed by atoms with Gasteiger partial charge < -0.3 is 9.64 Å². The molecule has 3 rings (SSSR count). The Kier molecular flexibility index (Phi) is 6.10. The second-order valence-electron chi connectivity index (χ2n) is 7.18. The molecule has 0 aromatic heterocycles. The zero-order chi connectivity index (χ0) is 23.0. The van der Waals surface area contributed by atoms with Crippen LogP contribution in [0.2, 0.25) is 0 Å². The Morgan fingerprint density at radius 2 is 1.81 bits per heavy atom. The van der Waals surface area contributed by atoms with Crippen molar-refractivity contribution in [1.82, 2.24) is 0 Å². The number of halogens is 3. The molecule has 0 aliphatic carbocycles. The third kappa shape index (κ3) is 5.23. The van der Waals surface area contributed by atoms with Crippen LogP contribution in [0.1, 0.15) is 23.6 Å². The smallest absolute Gasteiger partial charge is 0.416 e. The average molecular weight is 456 g/mol. The lowest BCUT2D eigenvalue weighted by atomic mass is 10.1. The fraction of sp³-hybridized carbons (Fsp3) is 0.300. The predicted octanol–water partition coefficient (Wildman–Crippen LogP) is 2.42. The van der Waals surface area contributed by atoms with Crippen LogP contribution < -0.4 is 10.0 Å². The van der Waals surface area contributed by atoms with Crippen LogP contribution >= 0.6 is 0 Å². The molecule has 1 amide bonds. The van der Waals surface area contributed by atoms with Crippen LogP contribution in [-0.2, 0) is 43.4 Å². The number of primary sulfonamides is 1. The van der Waals surface area contributed by atoms with Gasteiger partial charge in [0.25, 0.3) is 5.91 Å². The number of amides is 1. The SMILES string of the molecule is CC1Cc2cc(S(N)(=O)=O)ccc2N1C(=O)COC(=O)Cc1ccc(C(F)(F)F)cc1. The van der Waals surface area contributed by atoms with E-state index in [4.69, 9.17) is 9.88 Å². The van der Waals surface area contributed by atoms with E-state index in [0.29, 0.717) is 23.2 Å². The van der Waals surface area contributed by atoms with Gasteiger partial charge in [-0.2, -0.15) is 13.2 Å². The van der Waals surface area contributed by atoms with Crippen molar-refractivity contribution in [3.63, 3.8) is 0 Å². The fourth-order valence-corrected chi connectivity index (χ4v) is 3.97. The van der Waals surface area contributed by atoms with Gasteiger partial charge in [0.1, 0.15) is 0 Å². The van der Waals surface area contributed by atoms with Crippen LogP contribution in [-0.4, -0.2) is 32.9 Å². The molecule has 0 fully saturated rings. The molecule has 1 unspecified atom stereocenters. The second-order valence-corrected chi connectivity index (χ2v) is 8.75. The van der Waals surface area contributed by atoms with Crippen LogP contribution in [0.4, 0.5) is 18.9 Å². The molecular weight excluding hydrogens is 437 g/mol. The van der Waals surface area contributed by atoms with E-state index in [1.54, 1.807) is 6.92 Å². The molecule has 0 bridgehead atoms. The van der Waals surface area contributed by atoms with Crippen LogP contribution in [0.5, 0.6) is 0 Å². The van der Waals surface area contributed by atoms with Gasteiger partial charge in [0.05, 0.1) is 16.9 Å². The Morgan fingerprint density at radius 1 is 1.16 bits per heavy atom. The molecule has 166 valence electrons. The number of ether oxygens (including phenoxy) is 1. The first-order valence-electron chi connectivity index (χ1n) is 9.16. The van der Waals surface area contributed by atoms with Gasteiger partial charge in [-0.1, -0.05) is 12.1 Å². The van der Waals surface area contributed by atoms with E-state index in [0.717, 1.165) is 12.1 Å². The number of carbonyl (C=O) groups excluding carboxylic acids is 2. The molecule has 0 saturated carbocycles. The summed E-state index contributed by atoms with van der Waals surface area (Å²) < 4.78 is 65.8. The Balaban J connectivity index is 1.62. The minimum atomic E-state index is -4.47. The molecule has 1 heterocycles. The minimum Gasteiger partial charge on any atom is -0.455 e. The molecular formula is C20H19F3N2O5S. The maximum absolute atomic E-state index is 12.6. The van der Waals surface area contributed by atoms with E-state index < -0.39 is 40.2 Å². The third-order valence-electron chi connectivity index (χ3n) is 4.85. The number of anilines is 1. The van der Waals surface area contributed by atoms with Gasteiger partial charge in [0.15, 0.2) is 6.61 Å². The van der Waals surface area contributed by atoms with Crippen LogP contribution in [0.3, 0.4) is 0 Å². The fourth-order valence-electron chi connectivity index (χ4n) is 3.41. The van der Waals surface area contributed by atoms with Crippen molar-refractivity contribution in [1.29, 1.82) is 0 Å². The minimum absolute atomic E-state index is 0.0595. The number of carbonyl (C=O) groups is 2. The van der Waals surface area contributed by atoms with Gasteiger partial charge in [0, 0.05) is 11.7 Å². The van der Waals surface area contributed by atoms with Crippen LogP contribution in [0.25, 0.3) is 0 Å². The predicted molar refractivity (Wildman–Crippen MR) is 105 cm³/mol. The topological polar surface area (TPSA) is 107 Å². The van der Waals surface area contributed by atoms with E-state index in [1.807, 2.05) is 0 Å². The third-order valence-corrected chi connectivity index (χ3v) is 5.76. The highest BCUT2D eigenvalue weighted by Crippen LogP contribution is 2.34. The Labute approximate surface area is 176 Å². The molecule has 0 saturated heterocycles. The summed E-state index contributed by atoms with van der Waals surface area (Å²) >= 11 is 0. The molecule has 2 aromatic carbocycles. The highest BCUT2D eigenvalue weighted by Gasteiger charge is 2.32. The second kappa shape index (κ2) is 8.31. The summed E-state index contributed by atoms with van der Waals surface area (Å²) in [4.78, 5) is 25.9. The first-order chi connectivity index (χ1) is 14.4. The van der Waals surface area contributed by atoms with Crippen molar-refractivity contribution in [2.24, 2.45) is 5.14 Å². The van der Waals surface area contributed by atoms with Gasteiger partial charge in [0.2, 0.25) is 10.0 Å². The van der Waals surface area contributed by atoms with Gasteiger partial charge >= 0.3 is 12.1 Å². The molecule has 0 spiro atoms. The molecule has 0 radical (unpaired) electrons. The zero-order valence-electron chi connectivity index (χ0n) is 16.3. The molecule has 31 heavy (non-hydrogen) atoms. The maximum Gasteiger partial charge on any atom is 0.416 e. The first-order valence-corrected chi connectivity index (χ1v) is 10.7. The van der Waals surface area contributed by atoms with Crippen molar-refractivity contribution in [2.45, 2.75) is 36.9 Å². The number of nitrogens with zero attached hydrogens (tertiary/aromatic N) is 1. The Bertz CT molecular complexity index is 1110. The average Bonchev–Trinajstić information content (AvgIpc) is 3.00. The van der Waals surface area contributed by atoms with E-state index in [-0.39, 0.29) is 17.4 Å². The van der Waals surface area contributed by atoms with E-state index in [1.165, 1.54) is 35.2 Å². The molecule has 1 aliphatic rings. The first kappa shape index (κ1) is 22.8. The molecule has 2 aromatic rings. The summed E-state index contributed by atoms with van der Waals surface area (Å²) in [6, 6.07) is 7.97. The number of nitrogens with two attached hydrogens (primary N) is 1. The van der Waals surface area contributed by atoms with Crippen molar-refractivity contribution in [2.75, 3.05) is 11.5 Å². The van der Waals surface area contributed by atoms with Crippen molar-refractivity contribution >= 4 is 27.6 Å². The van der Waals surface area contributed by atoms with Crippen molar-refractivity contribution in [3.8, 4) is 0 Å². The molecule has 2 N–H and O–H groups in total. The summed E-state index contributed by atoms with van der Waals surface area (Å²) in [5.74, 6) is -1.26. The van der Waals surface area contributed by atoms with Crippen LogP contribution in [0, 0.1) is 0 Å². The quantitative estimate of drug-likeness (QED) is 0.696. The summed E-state index contributed by atoms with van der Waals surface area (Å²) in [5, 5.41) is 5.13. The van der Waals surface area contributed by atoms with E-state index in [2.05, 4.69) is 0 Å². The molecule has 11 heteroatoms. The normalized spacial score (nSPS) is 16.2. The number of alkyl halides is 3. The van der Waals surface area contributed by atoms with Gasteiger partial charge in [-0.3, -0.25) is 9.59 Å². The number of hydrogen-bond donors (Lipinski definition) is 1. The monoisotopic (exact) mass is 456 g/mol. The molecule has 7 nitrogen and oxygen atoms in total. The maximum atomic E-state index is 12.6. The molecule has 1 atom stereocenters. The summed E-state index contributed by atoms with van der Waals surface area (Å²) in [5.41, 5.74) is 0.625. The lowest BCUT2D eigenvalue weighted by Gasteiger charge is -2.22. The van der Waals surface area contributed by atoms with E-state index in [9.17, 15) is 31.2 Å². The number of fused-ring (bicyclic) bond motifs is 1. The highest BCUT2D eigenvalue weighted by atomic mass is 32.2. The van der Waals surface area contributed by atoms with Gasteiger partial charge in [-0.15, -0.1) is 0 Å². The number of benzene rings is 2. The molecule has 1 aliphatic heterocycles.